The second-order valence-electron chi connectivity index (χ2n) is 5.29. The van der Waals surface area contributed by atoms with Crippen LogP contribution in [-0.4, -0.2) is 30.0 Å². The van der Waals surface area contributed by atoms with Gasteiger partial charge in [-0.1, -0.05) is 36.4 Å². The van der Waals surface area contributed by atoms with Crippen LogP contribution in [0.4, 0.5) is 0 Å². The highest BCUT2D eigenvalue weighted by molar-refractivity contribution is 6.09. The van der Waals surface area contributed by atoms with E-state index in [2.05, 4.69) is 0 Å². The molecule has 24 heavy (non-hydrogen) atoms. The molecule has 0 amide bonds. The summed E-state index contributed by atoms with van der Waals surface area (Å²) in [5.74, 6) is 0.137. The lowest BCUT2D eigenvalue weighted by Gasteiger charge is -2.04. The summed E-state index contributed by atoms with van der Waals surface area (Å²) in [5.41, 5.74) is 1.34. The van der Waals surface area contributed by atoms with Gasteiger partial charge in [-0.2, -0.15) is 0 Å². The van der Waals surface area contributed by atoms with Gasteiger partial charge in [0, 0.05) is 22.7 Å². The molecule has 0 N–H and O–H groups in total. The molecule has 0 aliphatic rings. The first kappa shape index (κ1) is 15.8. The Bertz CT molecular complexity index is 867. The Hall–Kier alpha value is -3.08. The molecule has 0 spiro atoms. The van der Waals surface area contributed by atoms with Crippen LogP contribution in [0.5, 0.6) is 5.75 Å². The van der Waals surface area contributed by atoms with Gasteiger partial charge >= 0.3 is 5.97 Å². The highest BCUT2D eigenvalue weighted by Gasteiger charge is 2.16. The van der Waals surface area contributed by atoms with Gasteiger partial charge in [0.2, 0.25) is 5.78 Å². The molecule has 0 aliphatic heterocycles. The first-order valence-electron chi connectivity index (χ1n) is 7.55. The molecule has 0 aliphatic carbocycles. The number of para-hydroxylation sites is 2. The summed E-state index contributed by atoms with van der Waals surface area (Å²) >= 11 is 0. The maximum absolute atomic E-state index is 12.5. The van der Waals surface area contributed by atoms with Crippen molar-refractivity contribution in [2.24, 2.45) is 0 Å². The number of methoxy groups -OCH3 is 1. The Morgan fingerprint density at radius 2 is 1.71 bits per heavy atom. The number of esters is 1. The third kappa shape index (κ3) is 3.30. The topological polar surface area (TPSA) is 57.5 Å². The van der Waals surface area contributed by atoms with E-state index in [1.54, 1.807) is 22.9 Å². The molecule has 0 saturated heterocycles. The van der Waals surface area contributed by atoms with Crippen LogP contribution in [0.1, 0.15) is 10.4 Å². The average Bonchev–Trinajstić information content (AvgIpc) is 2.99. The van der Waals surface area contributed by atoms with Crippen molar-refractivity contribution in [2.45, 2.75) is 6.54 Å². The first-order valence-corrected chi connectivity index (χ1v) is 7.55. The molecule has 0 unspecified atom stereocenters. The molecular formula is C19H17NO4. The molecule has 0 atom stereocenters. The first-order chi connectivity index (χ1) is 11.7. The Morgan fingerprint density at radius 1 is 1.00 bits per heavy atom. The van der Waals surface area contributed by atoms with Crippen molar-refractivity contribution in [1.82, 2.24) is 4.57 Å². The minimum atomic E-state index is -0.365. The lowest BCUT2D eigenvalue weighted by molar-refractivity contribution is -0.141. The number of hydrogen-bond donors (Lipinski definition) is 0. The van der Waals surface area contributed by atoms with Gasteiger partial charge < -0.3 is 14.0 Å². The molecule has 0 bridgehead atoms. The Balaban J connectivity index is 1.85. The number of benzene rings is 2. The van der Waals surface area contributed by atoms with Crippen molar-refractivity contribution in [2.75, 3.05) is 13.7 Å². The zero-order valence-electron chi connectivity index (χ0n) is 13.3. The lowest BCUT2D eigenvalue weighted by atomic mass is 10.1. The summed E-state index contributed by atoms with van der Waals surface area (Å²) in [7, 11) is 1.34. The third-order valence-corrected chi connectivity index (χ3v) is 3.73. The molecule has 3 aromatic rings. The van der Waals surface area contributed by atoms with Crippen LogP contribution in [-0.2, 0) is 16.1 Å². The standard InChI is InChI=1S/C19H17NO4/c1-23-19(22)12-20-11-16(15-9-5-6-10-17(15)20)18(21)13-24-14-7-3-2-4-8-14/h2-11H,12-13H2,1H3. The van der Waals surface area contributed by atoms with E-state index in [1.807, 2.05) is 42.5 Å². The van der Waals surface area contributed by atoms with Crippen molar-refractivity contribution in [3.63, 3.8) is 0 Å². The van der Waals surface area contributed by atoms with Crippen molar-refractivity contribution in [3.05, 3.63) is 66.4 Å². The van der Waals surface area contributed by atoms with E-state index < -0.39 is 0 Å². The minimum Gasteiger partial charge on any atom is -0.485 e. The number of fused-ring (bicyclic) bond motifs is 1. The summed E-state index contributed by atoms with van der Waals surface area (Å²) in [6, 6.07) is 16.6. The fraction of sp³-hybridized carbons (Fsp3) is 0.158. The highest BCUT2D eigenvalue weighted by atomic mass is 16.5. The van der Waals surface area contributed by atoms with Crippen LogP contribution in [0.15, 0.2) is 60.8 Å². The van der Waals surface area contributed by atoms with Gasteiger partial charge in [-0.25, -0.2) is 0 Å². The van der Waals surface area contributed by atoms with Gasteiger partial charge in [-0.3, -0.25) is 9.59 Å². The molecular weight excluding hydrogens is 306 g/mol. The second kappa shape index (κ2) is 7.00. The van der Waals surface area contributed by atoms with Crippen LogP contribution < -0.4 is 4.74 Å². The summed E-state index contributed by atoms with van der Waals surface area (Å²) < 4.78 is 12.0. The lowest BCUT2D eigenvalue weighted by Crippen LogP contribution is -2.12. The average molecular weight is 323 g/mol. The van der Waals surface area contributed by atoms with E-state index in [9.17, 15) is 9.59 Å². The highest BCUT2D eigenvalue weighted by Crippen LogP contribution is 2.22. The Kier molecular flexibility index (Phi) is 4.61. The van der Waals surface area contributed by atoms with Crippen molar-refractivity contribution in [3.8, 4) is 5.75 Å². The van der Waals surface area contributed by atoms with Crippen LogP contribution in [0.2, 0.25) is 0 Å². The van der Waals surface area contributed by atoms with Crippen molar-refractivity contribution >= 4 is 22.7 Å². The predicted octanol–water partition coefficient (Wildman–Crippen LogP) is 3.08. The second-order valence-corrected chi connectivity index (χ2v) is 5.29. The number of nitrogens with zero attached hydrogens (tertiary/aromatic N) is 1. The van der Waals surface area contributed by atoms with E-state index >= 15 is 0 Å². The van der Waals surface area contributed by atoms with E-state index in [1.165, 1.54) is 7.11 Å². The molecule has 5 nitrogen and oxygen atoms in total. The van der Waals surface area contributed by atoms with Crippen LogP contribution in [0.3, 0.4) is 0 Å². The maximum atomic E-state index is 12.5. The van der Waals surface area contributed by atoms with Crippen LogP contribution >= 0.6 is 0 Å². The number of aromatic nitrogens is 1. The van der Waals surface area contributed by atoms with Gasteiger partial charge in [-0.15, -0.1) is 0 Å². The fourth-order valence-electron chi connectivity index (χ4n) is 2.55. The molecule has 122 valence electrons. The molecule has 1 aromatic heterocycles. The number of carbonyl (C=O) groups is 2. The zero-order chi connectivity index (χ0) is 16.9. The van der Waals surface area contributed by atoms with Crippen molar-refractivity contribution < 1.29 is 19.1 Å². The van der Waals surface area contributed by atoms with Crippen LogP contribution in [0.25, 0.3) is 10.9 Å². The van der Waals surface area contributed by atoms with Gasteiger partial charge in [-0.05, 0) is 18.2 Å². The third-order valence-electron chi connectivity index (χ3n) is 3.73. The SMILES string of the molecule is COC(=O)Cn1cc(C(=O)COc2ccccc2)c2ccccc21. The number of rotatable bonds is 6. The summed E-state index contributed by atoms with van der Waals surface area (Å²) in [6.07, 6.45) is 1.68. The molecule has 5 heteroatoms. The van der Waals surface area contributed by atoms with Gasteiger partial charge in [0.1, 0.15) is 12.3 Å². The van der Waals surface area contributed by atoms with E-state index in [4.69, 9.17) is 9.47 Å². The predicted molar refractivity (Wildman–Crippen MR) is 90.2 cm³/mol. The van der Waals surface area contributed by atoms with E-state index in [0.717, 1.165) is 10.9 Å². The molecule has 3 rings (SSSR count). The smallest absolute Gasteiger partial charge is 0.325 e. The largest absolute Gasteiger partial charge is 0.485 e. The van der Waals surface area contributed by atoms with E-state index in [-0.39, 0.29) is 24.9 Å². The molecule has 0 saturated carbocycles. The van der Waals surface area contributed by atoms with Gasteiger partial charge in [0.15, 0.2) is 6.61 Å². The minimum absolute atomic E-state index is 0.0593. The summed E-state index contributed by atoms with van der Waals surface area (Å²) in [6.45, 7) is 0.0000803. The molecule has 0 fully saturated rings. The zero-order valence-corrected chi connectivity index (χ0v) is 13.3. The Morgan fingerprint density at radius 3 is 2.46 bits per heavy atom. The summed E-state index contributed by atoms with van der Waals surface area (Å²) in [4.78, 5) is 24.1. The van der Waals surface area contributed by atoms with Crippen LogP contribution in [0, 0.1) is 0 Å². The number of carbonyl (C=O) groups excluding carboxylic acids is 2. The summed E-state index contributed by atoms with van der Waals surface area (Å²) in [5, 5.41) is 0.795. The number of Topliss-reactive ketones (excluding diaryl/α,β-unsaturated/α-hetero) is 1. The normalized spacial score (nSPS) is 10.5. The van der Waals surface area contributed by atoms with Gasteiger partial charge in [0.05, 0.1) is 7.11 Å². The Labute approximate surface area is 139 Å². The molecule has 2 aromatic carbocycles. The quantitative estimate of drug-likeness (QED) is 0.517. The van der Waals surface area contributed by atoms with E-state index in [0.29, 0.717) is 11.3 Å². The van der Waals surface area contributed by atoms with Crippen molar-refractivity contribution in [1.29, 1.82) is 0 Å². The molecule has 0 radical (unpaired) electrons. The number of ether oxygens (including phenoxy) is 2. The number of hydrogen-bond acceptors (Lipinski definition) is 4. The van der Waals surface area contributed by atoms with Gasteiger partial charge in [0.25, 0.3) is 0 Å². The fourth-order valence-corrected chi connectivity index (χ4v) is 2.55. The maximum Gasteiger partial charge on any atom is 0.325 e. The molecule has 1 heterocycles. The number of ketones is 1. The monoisotopic (exact) mass is 323 g/mol.